The first-order chi connectivity index (χ1) is 9.58. The lowest BCUT2D eigenvalue weighted by molar-refractivity contribution is -0.127. The van der Waals surface area contributed by atoms with Crippen LogP contribution < -0.4 is 5.56 Å². The van der Waals surface area contributed by atoms with Gasteiger partial charge in [0, 0.05) is 20.1 Å². The molecule has 5 nitrogen and oxygen atoms in total. The average Bonchev–Trinajstić information content (AvgIpc) is 2.91. The number of rotatable bonds is 5. The van der Waals surface area contributed by atoms with Gasteiger partial charge in [-0.05, 0) is 25.3 Å². The van der Waals surface area contributed by atoms with E-state index in [0.717, 1.165) is 0 Å². The minimum absolute atomic E-state index is 0.0530. The largest absolute Gasteiger partial charge is 0.343 e. The standard InChI is InChI=1S/C13H17N3O2S2/c1-4-16(5-2)10(17)8-20-13-14-9-6-7-19-11(9)12(18)15(13)3/h6-7H,4-5,8H2,1-3H3. The summed E-state index contributed by atoms with van der Waals surface area (Å²) in [6.07, 6.45) is 0. The van der Waals surface area contributed by atoms with Crippen LogP contribution in [0.15, 0.2) is 21.4 Å². The van der Waals surface area contributed by atoms with E-state index in [1.807, 2.05) is 25.3 Å². The SMILES string of the molecule is CCN(CC)C(=O)CSc1nc2ccsc2c(=O)n1C. The fourth-order valence-electron chi connectivity index (χ4n) is 1.89. The first-order valence-corrected chi connectivity index (χ1v) is 8.29. The number of nitrogens with zero attached hydrogens (tertiary/aromatic N) is 3. The molecule has 108 valence electrons. The van der Waals surface area contributed by atoms with E-state index in [9.17, 15) is 9.59 Å². The summed E-state index contributed by atoms with van der Waals surface area (Å²) >= 11 is 2.70. The molecule has 2 aromatic rings. The molecule has 0 radical (unpaired) electrons. The van der Waals surface area contributed by atoms with Crippen molar-refractivity contribution in [2.75, 3.05) is 18.8 Å². The van der Waals surface area contributed by atoms with Crippen molar-refractivity contribution in [1.82, 2.24) is 14.5 Å². The maximum Gasteiger partial charge on any atom is 0.271 e. The van der Waals surface area contributed by atoms with Crippen molar-refractivity contribution < 1.29 is 4.79 Å². The highest BCUT2D eigenvalue weighted by Gasteiger charge is 2.14. The van der Waals surface area contributed by atoms with E-state index >= 15 is 0 Å². The van der Waals surface area contributed by atoms with Crippen molar-refractivity contribution in [3.05, 3.63) is 21.8 Å². The van der Waals surface area contributed by atoms with Crippen molar-refractivity contribution >= 4 is 39.2 Å². The Morgan fingerprint density at radius 1 is 1.45 bits per heavy atom. The molecule has 20 heavy (non-hydrogen) atoms. The fraction of sp³-hybridized carbons (Fsp3) is 0.462. The van der Waals surface area contributed by atoms with E-state index in [0.29, 0.717) is 34.2 Å². The van der Waals surface area contributed by atoms with E-state index in [1.165, 1.54) is 27.7 Å². The van der Waals surface area contributed by atoms with Gasteiger partial charge in [-0.1, -0.05) is 11.8 Å². The molecule has 0 spiro atoms. The molecule has 0 aliphatic rings. The molecule has 0 aliphatic heterocycles. The van der Waals surface area contributed by atoms with Crippen molar-refractivity contribution in [2.45, 2.75) is 19.0 Å². The van der Waals surface area contributed by atoms with Gasteiger partial charge < -0.3 is 4.90 Å². The molecule has 0 saturated heterocycles. The Morgan fingerprint density at radius 2 is 2.15 bits per heavy atom. The number of carbonyl (C=O) groups excluding carboxylic acids is 1. The minimum Gasteiger partial charge on any atom is -0.343 e. The summed E-state index contributed by atoms with van der Waals surface area (Å²) in [5.41, 5.74) is 0.652. The Labute approximate surface area is 125 Å². The second-order valence-corrected chi connectivity index (χ2v) is 6.11. The van der Waals surface area contributed by atoms with Crippen LogP contribution in [-0.4, -0.2) is 39.2 Å². The van der Waals surface area contributed by atoms with E-state index in [4.69, 9.17) is 0 Å². The molecule has 0 atom stereocenters. The van der Waals surface area contributed by atoms with E-state index in [-0.39, 0.29) is 11.5 Å². The zero-order chi connectivity index (χ0) is 14.7. The highest BCUT2D eigenvalue weighted by molar-refractivity contribution is 7.99. The molecule has 0 N–H and O–H groups in total. The van der Waals surface area contributed by atoms with Gasteiger partial charge in [0.15, 0.2) is 5.16 Å². The minimum atomic E-state index is -0.0530. The molecule has 1 amide bonds. The number of thioether (sulfide) groups is 1. The molecule has 2 rings (SSSR count). The van der Waals surface area contributed by atoms with Gasteiger partial charge in [-0.25, -0.2) is 4.98 Å². The molecule has 0 bridgehead atoms. The van der Waals surface area contributed by atoms with Crippen LogP contribution in [-0.2, 0) is 11.8 Å². The number of hydrogen-bond acceptors (Lipinski definition) is 5. The van der Waals surface area contributed by atoms with Crippen molar-refractivity contribution in [2.24, 2.45) is 7.05 Å². The van der Waals surface area contributed by atoms with Gasteiger partial charge >= 0.3 is 0 Å². The normalized spacial score (nSPS) is 10.9. The number of aromatic nitrogens is 2. The Morgan fingerprint density at radius 3 is 2.80 bits per heavy atom. The number of hydrogen-bond donors (Lipinski definition) is 0. The van der Waals surface area contributed by atoms with Crippen LogP contribution in [0.2, 0.25) is 0 Å². The maximum atomic E-state index is 12.1. The smallest absolute Gasteiger partial charge is 0.271 e. The van der Waals surface area contributed by atoms with E-state index in [2.05, 4.69) is 4.98 Å². The molecule has 0 saturated carbocycles. The summed E-state index contributed by atoms with van der Waals surface area (Å²) in [6, 6.07) is 1.83. The monoisotopic (exact) mass is 311 g/mol. The molecular weight excluding hydrogens is 294 g/mol. The third-order valence-electron chi connectivity index (χ3n) is 3.09. The Balaban J connectivity index is 2.20. The first-order valence-electron chi connectivity index (χ1n) is 6.43. The van der Waals surface area contributed by atoms with Crippen molar-refractivity contribution in [3.8, 4) is 0 Å². The van der Waals surface area contributed by atoms with Gasteiger partial charge in [0.25, 0.3) is 5.56 Å². The highest BCUT2D eigenvalue weighted by Crippen LogP contribution is 2.20. The summed E-state index contributed by atoms with van der Waals surface area (Å²) < 4.78 is 2.17. The molecule has 7 heteroatoms. The molecule has 0 unspecified atom stereocenters. The van der Waals surface area contributed by atoms with Crippen LogP contribution in [0.5, 0.6) is 0 Å². The third-order valence-corrected chi connectivity index (χ3v) is 4.99. The Bertz CT molecular complexity index is 674. The van der Waals surface area contributed by atoms with E-state index < -0.39 is 0 Å². The van der Waals surface area contributed by atoms with Crippen LogP contribution in [0.4, 0.5) is 0 Å². The van der Waals surface area contributed by atoms with Gasteiger partial charge in [0.05, 0.1) is 11.3 Å². The number of amides is 1. The van der Waals surface area contributed by atoms with Crippen LogP contribution >= 0.6 is 23.1 Å². The van der Waals surface area contributed by atoms with E-state index in [1.54, 1.807) is 11.9 Å². The lowest BCUT2D eigenvalue weighted by Crippen LogP contribution is -2.32. The molecular formula is C13H17N3O2S2. The average molecular weight is 311 g/mol. The first kappa shape index (κ1) is 15.1. The van der Waals surface area contributed by atoms with Crippen molar-refractivity contribution in [3.63, 3.8) is 0 Å². The van der Waals surface area contributed by atoms with Crippen LogP contribution in [0.25, 0.3) is 10.2 Å². The van der Waals surface area contributed by atoms with Gasteiger partial charge in [-0.2, -0.15) is 0 Å². The summed E-state index contributed by atoms with van der Waals surface area (Å²) in [6.45, 7) is 5.31. The molecule has 2 heterocycles. The number of thiophene rings is 1. The molecule has 0 aliphatic carbocycles. The molecule has 0 fully saturated rings. The predicted octanol–water partition coefficient (Wildman–Crippen LogP) is 1.96. The second kappa shape index (κ2) is 6.41. The zero-order valence-electron chi connectivity index (χ0n) is 11.8. The Kier molecular flexibility index (Phi) is 4.82. The van der Waals surface area contributed by atoms with Gasteiger partial charge in [0.2, 0.25) is 5.91 Å². The van der Waals surface area contributed by atoms with Crippen molar-refractivity contribution in [1.29, 1.82) is 0 Å². The quantitative estimate of drug-likeness (QED) is 0.626. The number of fused-ring (bicyclic) bond motifs is 1. The molecule has 2 aromatic heterocycles. The fourth-order valence-corrected chi connectivity index (χ4v) is 3.57. The van der Waals surface area contributed by atoms with Crippen LogP contribution in [0.1, 0.15) is 13.8 Å². The van der Waals surface area contributed by atoms with Crippen LogP contribution in [0, 0.1) is 0 Å². The van der Waals surface area contributed by atoms with Gasteiger partial charge in [-0.3, -0.25) is 14.2 Å². The zero-order valence-corrected chi connectivity index (χ0v) is 13.4. The van der Waals surface area contributed by atoms with Crippen LogP contribution in [0.3, 0.4) is 0 Å². The highest BCUT2D eigenvalue weighted by atomic mass is 32.2. The maximum absolute atomic E-state index is 12.1. The topological polar surface area (TPSA) is 55.2 Å². The second-order valence-electron chi connectivity index (χ2n) is 4.25. The lowest BCUT2D eigenvalue weighted by Gasteiger charge is -2.18. The number of carbonyl (C=O) groups is 1. The molecule has 0 aromatic carbocycles. The Hall–Kier alpha value is -1.34. The summed E-state index contributed by atoms with van der Waals surface area (Å²) in [5.74, 6) is 0.372. The van der Waals surface area contributed by atoms with Gasteiger partial charge in [0.1, 0.15) is 4.70 Å². The summed E-state index contributed by atoms with van der Waals surface area (Å²) in [4.78, 5) is 30.3. The summed E-state index contributed by atoms with van der Waals surface area (Å²) in [7, 11) is 1.69. The lowest BCUT2D eigenvalue weighted by atomic mass is 10.5. The summed E-state index contributed by atoms with van der Waals surface area (Å²) in [5, 5.41) is 2.44. The third kappa shape index (κ3) is 2.88. The predicted molar refractivity (Wildman–Crippen MR) is 83.5 cm³/mol. The van der Waals surface area contributed by atoms with Gasteiger partial charge in [-0.15, -0.1) is 11.3 Å².